The van der Waals surface area contributed by atoms with Crippen molar-refractivity contribution in [2.24, 2.45) is 12.5 Å². The van der Waals surface area contributed by atoms with Gasteiger partial charge in [-0.05, 0) is 43.2 Å². The van der Waals surface area contributed by atoms with Gasteiger partial charge in [-0.2, -0.15) is 5.26 Å². The molecule has 0 radical (unpaired) electrons. The molecule has 0 fully saturated rings. The molecule has 0 spiro atoms. The maximum atomic E-state index is 12.2. The summed E-state index contributed by atoms with van der Waals surface area (Å²) in [6, 6.07) is 9.94. The van der Waals surface area contributed by atoms with E-state index in [9.17, 15) is 4.79 Å². The van der Waals surface area contributed by atoms with Crippen LogP contribution in [0.25, 0.3) is 0 Å². The first-order chi connectivity index (χ1) is 11.6. The molecule has 132 valence electrons. The molecule has 5 nitrogen and oxygen atoms in total. The summed E-state index contributed by atoms with van der Waals surface area (Å²) in [4.78, 5) is 12.2. The van der Waals surface area contributed by atoms with Crippen molar-refractivity contribution < 1.29 is 4.79 Å². The average Bonchev–Trinajstić information content (AvgIpc) is 2.82. The quantitative estimate of drug-likeness (QED) is 0.881. The van der Waals surface area contributed by atoms with E-state index < -0.39 is 5.41 Å². The molecular formula is C20H26N4O. The number of anilines is 2. The van der Waals surface area contributed by atoms with Gasteiger partial charge in [0.15, 0.2) is 0 Å². The number of amides is 1. The molecular weight excluding hydrogens is 312 g/mol. The van der Waals surface area contributed by atoms with Crippen molar-refractivity contribution in [1.29, 1.82) is 5.26 Å². The van der Waals surface area contributed by atoms with E-state index in [0.29, 0.717) is 12.2 Å². The van der Waals surface area contributed by atoms with E-state index in [4.69, 9.17) is 5.26 Å². The summed E-state index contributed by atoms with van der Waals surface area (Å²) in [5, 5.41) is 15.5. The fourth-order valence-electron chi connectivity index (χ4n) is 2.45. The van der Waals surface area contributed by atoms with Crippen molar-refractivity contribution in [2.75, 3.05) is 10.6 Å². The topological polar surface area (TPSA) is 69.8 Å². The van der Waals surface area contributed by atoms with E-state index >= 15 is 0 Å². The minimum Gasteiger partial charge on any atom is -0.381 e. The number of nitrogens with one attached hydrogen (secondary N) is 2. The lowest BCUT2D eigenvalue weighted by atomic mass is 9.95. The maximum Gasteiger partial charge on any atom is 0.229 e. The van der Waals surface area contributed by atoms with E-state index in [2.05, 4.69) is 16.7 Å². The summed E-state index contributed by atoms with van der Waals surface area (Å²) in [6.07, 6.45) is 0. The Balaban J connectivity index is 2.16. The third kappa shape index (κ3) is 4.21. The van der Waals surface area contributed by atoms with Crippen LogP contribution in [0.5, 0.6) is 0 Å². The molecule has 2 aromatic rings. The molecule has 2 N–H and O–H groups in total. The predicted molar refractivity (Wildman–Crippen MR) is 101 cm³/mol. The molecule has 0 aliphatic heterocycles. The number of benzene rings is 1. The molecule has 0 unspecified atom stereocenters. The summed E-state index contributed by atoms with van der Waals surface area (Å²) in [5.74, 6) is -0.0140. The third-order valence-electron chi connectivity index (χ3n) is 4.40. The molecule has 0 aliphatic rings. The van der Waals surface area contributed by atoms with Crippen molar-refractivity contribution in [3.05, 3.63) is 46.8 Å². The Morgan fingerprint density at radius 2 is 1.92 bits per heavy atom. The number of nitrogens with zero attached hydrogens (tertiary/aromatic N) is 2. The summed E-state index contributed by atoms with van der Waals surface area (Å²) in [6.45, 7) is 10.3. The Morgan fingerprint density at radius 1 is 1.24 bits per heavy atom. The molecule has 1 heterocycles. The van der Waals surface area contributed by atoms with Crippen LogP contribution in [0.15, 0.2) is 24.3 Å². The van der Waals surface area contributed by atoms with Crippen LogP contribution < -0.4 is 10.6 Å². The number of rotatable bonds is 4. The Hall–Kier alpha value is -2.74. The molecule has 0 saturated carbocycles. The first-order valence-corrected chi connectivity index (χ1v) is 8.34. The Labute approximate surface area is 149 Å². The lowest BCUT2D eigenvalue weighted by Gasteiger charge is -2.19. The van der Waals surface area contributed by atoms with Gasteiger partial charge in [-0.15, -0.1) is 0 Å². The first kappa shape index (κ1) is 18.6. The standard InChI is InChI=1S/C20H26N4O/c1-13-7-8-16(23-19(25)20(3,4)5)10-18(13)22-12-15-9-17(11-21)24(6)14(15)2/h7-10,22H,12H2,1-6H3,(H,23,25). The van der Waals surface area contributed by atoms with Crippen LogP contribution in [0.3, 0.4) is 0 Å². The van der Waals surface area contributed by atoms with Crippen LogP contribution in [0.2, 0.25) is 0 Å². The van der Waals surface area contributed by atoms with E-state index in [1.807, 2.05) is 70.5 Å². The van der Waals surface area contributed by atoms with Crippen molar-refractivity contribution in [2.45, 2.75) is 41.2 Å². The third-order valence-corrected chi connectivity index (χ3v) is 4.40. The highest BCUT2D eigenvalue weighted by Crippen LogP contribution is 2.24. The smallest absolute Gasteiger partial charge is 0.229 e. The van der Waals surface area contributed by atoms with Crippen LogP contribution in [-0.4, -0.2) is 10.5 Å². The average molecular weight is 338 g/mol. The Kier molecular flexibility index (Phi) is 5.22. The monoisotopic (exact) mass is 338 g/mol. The molecule has 1 amide bonds. The van der Waals surface area contributed by atoms with Crippen molar-refractivity contribution in [3.8, 4) is 6.07 Å². The summed E-state index contributed by atoms with van der Waals surface area (Å²) < 4.78 is 1.89. The molecule has 1 aromatic carbocycles. The van der Waals surface area contributed by atoms with Crippen LogP contribution in [0.1, 0.15) is 43.3 Å². The van der Waals surface area contributed by atoms with Crippen LogP contribution >= 0.6 is 0 Å². The minimum absolute atomic E-state index is 0.0140. The summed E-state index contributed by atoms with van der Waals surface area (Å²) in [5.41, 5.74) is 5.21. The second kappa shape index (κ2) is 7.02. The molecule has 0 atom stereocenters. The largest absolute Gasteiger partial charge is 0.381 e. The van der Waals surface area contributed by atoms with Gasteiger partial charge in [0.25, 0.3) is 0 Å². The Morgan fingerprint density at radius 3 is 2.48 bits per heavy atom. The van der Waals surface area contributed by atoms with Crippen LogP contribution in [0.4, 0.5) is 11.4 Å². The molecule has 0 saturated heterocycles. The molecule has 1 aromatic heterocycles. The van der Waals surface area contributed by atoms with Gasteiger partial charge >= 0.3 is 0 Å². The van der Waals surface area contributed by atoms with Crippen LogP contribution in [-0.2, 0) is 18.4 Å². The predicted octanol–water partition coefficient (Wildman–Crippen LogP) is 4.11. The fourth-order valence-corrected chi connectivity index (χ4v) is 2.45. The molecule has 2 rings (SSSR count). The minimum atomic E-state index is -0.437. The number of aryl methyl sites for hydroxylation is 1. The lowest BCUT2D eigenvalue weighted by molar-refractivity contribution is -0.123. The fraction of sp³-hybridized carbons (Fsp3) is 0.400. The SMILES string of the molecule is Cc1ccc(NC(=O)C(C)(C)C)cc1NCc1cc(C#N)n(C)c1C. The van der Waals surface area contributed by atoms with Crippen LogP contribution in [0, 0.1) is 30.6 Å². The molecule has 0 aliphatic carbocycles. The molecule has 5 heteroatoms. The Bertz CT molecular complexity index is 835. The van der Waals surface area contributed by atoms with E-state index in [1.165, 1.54) is 0 Å². The summed E-state index contributed by atoms with van der Waals surface area (Å²) in [7, 11) is 1.89. The highest BCUT2D eigenvalue weighted by molar-refractivity contribution is 5.95. The number of carbonyl (C=O) groups is 1. The maximum absolute atomic E-state index is 12.2. The number of hydrogen-bond donors (Lipinski definition) is 2. The van der Waals surface area contributed by atoms with Gasteiger partial charge in [-0.1, -0.05) is 26.8 Å². The van der Waals surface area contributed by atoms with Gasteiger partial charge in [0.1, 0.15) is 11.8 Å². The summed E-state index contributed by atoms with van der Waals surface area (Å²) >= 11 is 0. The molecule has 0 bridgehead atoms. The van der Waals surface area contributed by atoms with Gasteiger partial charge in [0.05, 0.1) is 0 Å². The zero-order valence-electron chi connectivity index (χ0n) is 15.8. The highest BCUT2D eigenvalue weighted by Gasteiger charge is 2.21. The van der Waals surface area contributed by atoms with E-state index in [-0.39, 0.29) is 5.91 Å². The van der Waals surface area contributed by atoms with Gasteiger partial charge in [-0.3, -0.25) is 4.79 Å². The number of aromatic nitrogens is 1. The van der Waals surface area contributed by atoms with Crippen molar-refractivity contribution in [1.82, 2.24) is 4.57 Å². The van der Waals surface area contributed by atoms with Crippen molar-refractivity contribution >= 4 is 17.3 Å². The number of hydrogen-bond acceptors (Lipinski definition) is 3. The lowest BCUT2D eigenvalue weighted by Crippen LogP contribution is -2.27. The number of nitriles is 1. The zero-order valence-corrected chi connectivity index (χ0v) is 15.8. The van der Waals surface area contributed by atoms with Gasteiger partial charge in [-0.25, -0.2) is 0 Å². The first-order valence-electron chi connectivity index (χ1n) is 8.34. The zero-order chi connectivity index (χ0) is 18.8. The van der Waals surface area contributed by atoms with Crippen molar-refractivity contribution in [3.63, 3.8) is 0 Å². The second-order valence-electron chi connectivity index (χ2n) is 7.40. The number of carbonyl (C=O) groups excluding carboxylic acids is 1. The van der Waals surface area contributed by atoms with Gasteiger partial charge in [0.2, 0.25) is 5.91 Å². The molecule has 25 heavy (non-hydrogen) atoms. The highest BCUT2D eigenvalue weighted by atomic mass is 16.2. The van der Waals surface area contributed by atoms with Gasteiger partial charge < -0.3 is 15.2 Å². The van der Waals surface area contributed by atoms with E-state index in [0.717, 1.165) is 28.2 Å². The normalized spacial score (nSPS) is 11.1. The van der Waals surface area contributed by atoms with E-state index in [1.54, 1.807) is 0 Å². The van der Waals surface area contributed by atoms with Gasteiger partial charge in [0, 0.05) is 36.1 Å². The second-order valence-corrected chi connectivity index (χ2v) is 7.40.